The van der Waals surface area contributed by atoms with Gasteiger partial charge < -0.3 is 20.1 Å². The number of hydrogen-bond acceptors (Lipinski definition) is 3. The summed E-state index contributed by atoms with van der Waals surface area (Å²) in [6.45, 7) is 1.39. The first kappa shape index (κ1) is 13.9. The number of carboxylic acid groups (broad SMARTS) is 1. The second kappa shape index (κ2) is 6.56. The van der Waals surface area contributed by atoms with Crippen molar-refractivity contribution in [2.75, 3.05) is 26.3 Å². The molecule has 1 heterocycles. The summed E-state index contributed by atoms with van der Waals surface area (Å²) in [7, 11) is 0. The molecule has 0 aromatic heterocycles. The maximum atomic E-state index is 12.0. The summed E-state index contributed by atoms with van der Waals surface area (Å²) in [6, 6.07) is -1.18. The topological polar surface area (TPSA) is 78.9 Å². The predicted octanol–water partition coefficient (Wildman–Crippen LogP) is 0.838. The zero-order valence-electron chi connectivity index (χ0n) is 10.9. The highest BCUT2D eigenvalue weighted by Gasteiger charge is 2.32. The van der Waals surface area contributed by atoms with Crippen LogP contribution in [0, 0.1) is 5.92 Å². The van der Waals surface area contributed by atoms with E-state index >= 15 is 0 Å². The molecule has 0 bridgehead atoms. The Morgan fingerprint density at radius 3 is 2.95 bits per heavy atom. The van der Waals surface area contributed by atoms with Crippen LogP contribution >= 0.6 is 0 Å². The molecule has 2 unspecified atom stereocenters. The van der Waals surface area contributed by atoms with Gasteiger partial charge in [-0.1, -0.05) is 12.2 Å². The lowest BCUT2D eigenvalue weighted by atomic mass is 9.94. The van der Waals surface area contributed by atoms with Crippen molar-refractivity contribution in [1.82, 2.24) is 10.2 Å². The van der Waals surface area contributed by atoms with E-state index in [0.29, 0.717) is 25.6 Å². The van der Waals surface area contributed by atoms with E-state index in [1.165, 1.54) is 4.90 Å². The quantitative estimate of drug-likeness (QED) is 0.743. The maximum absolute atomic E-state index is 12.0. The summed E-state index contributed by atoms with van der Waals surface area (Å²) >= 11 is 0. The van der Waals surface area contributed by atoms with Crippen LogP contribution in [0.4, 0.5) is 4.79 Å². The van der Waals surface area contributed by atoms with Gasteiger partial charge in [0.25, 0.3) is 0 Å². The fraction of sp³-hybridized carbons (Fsp3) is 0.692. The second-order valence-electron chi connectivity index (χ2n) is 4.96. The molecule has 2 N–H and O–H groups in total. The van der Waals surface area contributed by atoms with Crippen molar-refractivity contribution in [2.24, 2.45) is 5.92 Å². The van der Waals surface area contributed by atoms with E-state index in [2.05, 4.69) is 17.5 Å². The van der Waals surface area contributed by atoms with Crippen molar-refractivity contribution in [3.63, 3.8) is 0 Å². The molecule has 2 aliphatic rings. The molecular formula is C13H20N2O4. The minimum absolute atomic E-state index is 0.0644. The van der Waals surface area contributed by atoms with Crippen LogP contribution in [-0.4, -0.2) is 54.4 Å². The highest BCUT2D eigenvalue weighted by molar-refractivity contribution is 5.83. The molecule has 1 saturated heterocycles. The van der Waals surface area contributed by atoms with Crippen LogP contribution in [0.5, 0.6) is 0 Å². The smallest absolute Gasteiger partial charge is 0.328 e. The molecule has 0 aromatic rings. The van der Waals surface area contributed by atoms with Gasteiger partial charge in [0, 0.05) is 13.1 Å². The average Bonchev–Trinajstić information content (AvgIpc) is 2.46. The first-order valence-corrected chi connectivity index (χ1v) is 6.68. The van der Waals surface area contributed by atoms with Crippen molar-refractivity contribution >= 4 is 12.0 Å². The van der Waals surface area contributed by atoms with Crippen molar-refractivity contribution < 1.29 is 19.4 Å². The van der Waals surface area contributed by atoms with Crippen molar-refractivity contribution in [2.45, 2.75) is 25.3 Å². The van der Waals surface area contributed by atoms with Gasteiger partial charge in [-0.2, -0.15) is 0 Å². The number of carbonyl (C=O) groups is 2. The van der Waals surface area contributed by atoms with Crippen LogP contribution in [0.1, 0.15) is 19.3 Å². The number of hydrogen-bond donors (Lipinski definition) is 2. The van der Waals surface area contributed by atoms with Crippen molar-refractivity contribution in [3.05, 3.63) is 12.2 Å². The van der Waals surface area contributed by atoms with Crippen LogP contribution in [-0.2, 0) is 9.53 Å². The number of carbonyl (C=O) groups excluding carboxylic acids is 1. The molecule has 2 rings (SSSR count). The van der Waals surface area contributed by atoms with E-state index in [-0.39, 0.29) is 12.6 Å². The van der Waals surface area contributed by atoms with E-state index in [4.69, 9.17) is 9.84 Å². The van der Waals surface area contributed by atoms with Gasteiger partial charge in [-0.05, 0) is 25.2 Å². The van der Waals surface area contributed by atoms with Crippen LogP contribution in [0.25, 0.3) is 0 Å². The van der Waals surface area contributed by atoms with Gasteiger partial charge in [-0.25, -0.2) is 9.59 Å². The van der Waals surface area contributed by atoms with Gasteiger partial charge in [0.15, 0.2) is 6.04 Å². The molecule has 6 heteroatoms. The molecule has 0 aromatic carbocycles. The molecule has 1 aliphatic heterocycles. The number of urea groups is 1. The number of morpholine rings is 1. The summed E-state index contributed by atoms with van der Waals surface area (Å²) in [4.78, 5) is 24.4. The highest BCUT2D eigenvalue weighted by atomic mass is 16.5. The fourth-order valence-corrected chi connectivity index (χ4v) is 2.43. The first-order valence-electron chi connectivity index (χ1n) is 6.68. The maximum Gasteiger partial charge on any atom is 0.328 e. The number of nitrogens with one attached hydrogen (secondary N) is 1. The Morgan fingerprint density at radius 1 is 1.42 bits per heavy atom. The Morgan fingerprint density at radius 2 is 2.26 bits per heavy atom. The van der Waals surface area contributed by atoms with Crippen LogP contribution < -0.4 is 5.32 Å². The minimum Gasteiger partial charge on any atom is -0.480 e. The Hall–Kier alpha value is -1.56. The summed E-state index contributed by atoms with van der Waals surface area (Å²) < 4.78 is 5.11. The zero-order chi connectivity index (χ0) is 13.7. The number of nitrogens with zero attached hydrogens (tertiary/aromatic N) is 1. The van der Waals surface area contributed by atoms with Crippen molar-refractivity contribution in [1.29, 1.82) is 0 Å². The molecule has 0 spiro atoms. The Kier molecular flexibility index (Phi) is 4.79. The van der Waals surface area contributed by atoms with Crippen molar-refractivity contribution in [3.8, 4) is 0 Å². The largest absolute Gasteiger partial charge is 0.480 e. The summed E-state index contributed by atoms with van der Waals surface area (Å²) in [5.74, 6) is -0.561. The van der Waals surface area contributed by atoms with E-state index < -0.39 is 12.0 Å². The Balaban J connectivity index is 1.83. The van der Waals surface area contributed by atoms with E-state index in [0.717, 1.165) is 19.3 Å². The van der Waals surface area contributed by atoms with Crippen LogP contribution in [0.3, 0.4) is 0 Å². The molecule has 0 radical (unpaired) electrons. The molecule has 106 valence electrons. The normalized spacial score (nSPS) is 27.1. The minimum atomic E-state index is -1.02. The Bertz CT molecular complexity index is 370. The molecule has 1 fully saturated rings. The molecule has 2 amide bonds. The number of amides is 2. The SMILES string of the molecule is O=C(O)C1COCCN1C(=O)NCC1CC=CCC1. The summed E-state index contributed by atoms with van der Waals surface area (Å²) in [5.41, 5.74) is 0. The van der Waals surface area contributed by atoms with Gasteiger partial charge in [0.2, 0.25) is 0 Å². The third-order valence-corrected chi connectivity index (χ3v) is 3.59. The lowest BCUT2D eigenvalue weighted by Gasteiger charge is -2.33. The highest BCUT2D eigenvalue weighted by Crippen LogP contribution is 2.17. The molecule has 6 nitrogen and oxygen atoms in total. The van der Waals surface area contributed by atoms with Gasteiger partial charge in [0.05, 0.1) is 13.2 Å². The molecule has 0 saturated carbocycles. The van der Waals surface area contributed by atoms with Crippen LogP contribution in [0.15, 0.2) is 12.2 Å². The van der Waals surface area contributed by atoms with E-state index in [9.17, 15) is 9.59 Å². The summed E-state index contributed by atoms with van der Waals surface area (Å²) in [6.07, 6.45) is 7.39. The Labute approximate surface area is 112 Å². The predicted molar refractivity (Wildman–Crippen MR) is 68.8 cm³/mol. The molecule has 19 heavy (non-hydrogen) atoms. The number of allylic oxidation sites excluding steroid dienone is 2. The van der Waals surface area contributed by atoms with E-state index in [1.54, 1.807) is 0 Å². The zero-order valence-corrected chi connectivity index (χ0v) is 10.9. The molecule has 1 aliphatic carbocycles. The first-order chi connectivity index (χ1) is 9.18. The third kappa shape index (κ3) is 3.70. The number of aliphatic carboxylic acids is 1. The summed E-state index contributed by atoms with van der Waals surface area (Å²) in [5, 5.41) is 11.9. The standard InChI is InChI=1S/C13H20N2O4/c16-12(17)11-9-19-7-6-15(11)13(18)14-8-10-4-2-1-3-5-10/h1-2,10-11H,3-9H2,(H,14,18)(H,16,17). The van der Waals surface area contributed by atoms with Gasteiger partial charge in [-0.3, -0.25) is 0 Å². The van der Waals surface area contributed by atoms with Gasteiger partial charge >= 0.3 is 12.0 Å². The lowest BCUT2D eigenvalue weighted by Crippen LogP contribution is -2.56. The fourth-order valence-electron chi connectivity index (χ4n) is 2.43. The second-order valence-corrected chi connectivity index (χ2v) is 4.96. The van der Waals surface area contributed by atoms with E-state index in [1.807, 2.05) is 0 Å². The monoisotopic (exact) mass is 268 g/mol. The number of ether oxygens (including phenoxy) is 1. The number of carboxylic acids is 1. The van der Waals surface area contributed by atoms with Crippen LogP contribution in [0.2, 0.25) is 0 Å². The number of rotatable bonds is 3. The third-order valence-electron chi connectivity index (χ3n) is 3.59. The van der Waals surface area contributed by atoms with Gasteiger partial charge in [-0.15, -0.1) is 0 Å². The lowest BCUT2D eigenvalue weighted by molar-refractivity contribution is -0.147. The average molecular weight is 268 g/mol. The molecular weight excluding hydrogens is 248 g/mol. The molecule has 2 atom stereocenters. The van der Waals surface area contributed by atoms with Gasteiger partial charge in [0.1, 0.15) is 0 Å².